The number of nitrogens with zero attached hydrogens (tertiary/aromatic N) is 1. The quantitative estimate of drug-likeness (QED) is 0.771. The Morgan fingerprint density at radius 2 is 2.00 bits per heavy atom. The summed E-state index contributed by atoms with van der Waals surface area (Å²) in [4.78, 5) is 13.4. The molecule has 2 aromatic rings. The number of ether oxygens (including phenoxy) is 1. The van der Waals surface area contributed by atoms with Gasteiger partial charge in [-0.15, -0.1) is 0 Å². The molecule has 0 aliphatic heterocycles. The van der Waals surface area contributed by atoms with Crippen molar-refractivity contribution < 1.29 is 14.6 Å². The van der Waals surface area contributed by atoms with Crippen LogP contribution in [0.4, 0.5) is 4.79 Å². The zero-order chi connectivity index (χ0) is 15.8. The summed E-state index contributed by atoms with van der Waals surface area (Å²) in [5.74, 6) is 0.815. The number of nitrogens with one attached hydrogen (secondary N) is 1. The highest BCUT2D eigenvalue weighted by Gasteiger charge is 2.09. The second-order valence-corrected chi connectivity index (χ2v) is 4.86. The first-order chi connectivity index (χ1) is 10.8. The molecule has 0 aliphatic carbocycles. The van der Waals surface area contributed by atoms with E-state index in [-0.39, 0.29) is 12.6 Å². The molecule has 22 heavy (non-hydrogen) atoms. The van der Waals surface area contributed by atoms with Gasteiger partial charge in [-0.05, 0) is 18.4 Å². The number of benzene rings is 2. The molecule has 118 valence electrons. The molecule has 0 aromatic heterocycles. The van der Waals surface area contributed by atoms with Crippen molar-refractivity contribution in [2.24, 2.45) is 0 Å². The predicted octanol–water partition coefficient (Wildman–Crippen LogP) is 2.24. The minimum atomic E-state index is -0.182. The van der Waals surface area contributed by atoms with Gasteiger partial charge in [0.2, 0.25) is 0 Å². The maximum atomic E-state index is 11.8. The van der Waals surface area contributed by atoms with E-state index in [4.69, 9.17) is 9.84 Å². The van der Waals surface area contributed by atoms with E-state index < -0.39 is 0 Å². The molecule has 2 N–H and O–H groups in total. The first-order valence-corrected chi connectivity index (χ1v) is 7.50. The number of aliphatic hydroxyl groups is 1. The van der Waals surface area contributed by atoms with E-state index >= 15 is 0 Å². The molecular formula is C17H22N2O3. The number of carbonyl (C=O) groups excluding carboxylic acids is 1. The molecule has 2 rings (SSSR count). The Bertz CT molecular complexity index is 610. The molecule has 0 saturated heterocycles. The van der Waals surface area contributed by atoms with E-state index in [0.717, 1.165) is 16.5 Å². The number of hydrogen-bond donors (Lipinski definition) is 2. The average molecular weight is 302 g/mol. The van der Waals surface area contributed by atoms with Gasteiger partial charge < -0.3 is 20.1 Å². The Hall–Kier alpha value is -2.27. The number of carbonyl (C=O) groups is 1. The standard InChI is InChI=1S/C17H22N2O3/c1-2-19(11-12-20)17(21)18-10-13-22-16-9-5-7-14-6-3-4-8-15(14)16/h3-9,20H,2,10-13H2,1H3,(H,18,21). The van der Waals surface area contributed by atoms with Crippen LogP contribution in [0.1, 0.15) is 6.92 Å². The van der Waals surface area contributed by atoms with E-state index in [9.17, 15) is 4.79 Å². The van der Waals surface area contributed by atoms with Crippen molar-refractivity contribution in [1.29, 1.82) is 0 Å². The Morgan fingerprint density at radius 3 is 2.77 bits per heavy atom. The number of amides is 2. The summed E-state index contributed by atoms with van der Waals surface area (Å²) < 4.78 is 5.76. The highest BCUT2D eigenvalue weighted by Crippen LogP contribution is 2.24. The van der Waals surface area contributed by atoms with E-state index in [1.807, 2.05) is 49.4 Å². The van der Waals surface area contributed by atoms with E-state index in [0.29, 0.717) is 26.2 Å². The Balaban J connectivity index is 1.84. The van der Waals surface area contributed by atoms with Gasteiger partial charge >= 0.3 is 6.03 Å². The van der Waals surface area contributed by atoms with Gasteiger partial charge in [0.25, 0.3) is 0 Å². The van der Waals surface area contributed by atoms with Gasteiger partial charge in [0, 0.05) is 18.5 Å². The SMILES string of the molecule is CCN(CCO)C(=O)NCCOc1cccc2ccccc12. The average Bonchev–Trinajstić information content (AvgIpc) is 2.56. The largest absolute Gasteiger partial charge is 0.491 e. The van der Waals surface area contributed by atoms with Crippen molar-refractivity contribution in [2.45, 2.75) is 6.92 Å². The van der Waals surface area contributed by atoms with E-state index in [1.165, 1.54) is 0 Å². The normalized spacial score (nSPS) is 10.5. The van der Waals surface area contributed by atoms with Gasteiger partial charge in [-0.25, -0.2) is 4.79 Å². The van der Waals surface area contributed by atoms with Crippen LogP contribution in [0, 0.1) is 0 Å². The summed E-state index contributed by atoms with van der Waals surface area (Å²) in [7, 11) is 0. The summed E-state index contributed by atoms with van der Waals surface area (Å²) in [5.41, 5.74) is 0. The van der Waals surface area contributed by atoms with Gasteiger partial charge in [-0.3, -0.25) is 0 Å². The van der Waals surface area contributed by atoms with Gasteiger partial charge in [0.05, 0.1) is 13.2 Å². The maximum absolute atomic E-state index is 11.8. The Morgan fingerprint density at radius 1 is 1.23 bits per heavy atom. The third kappa shape index (κ3) is 4.11. The van der Waals surface area contributed by atoms with Crippen molar-refractivity contribution in [1.82, 2.24) is 10.2 Å². The van der Waals surface area contributed by atoms with E-state index in [2.05, 4.69) is 5.32 Å². The highest BCUT2D eigenvalue weighted by molar-refractivity contribution is 5.88. The van der Waals surface area contributed by atoms with Crippen LogP contribution >= 0.6 is 0 Å². The fraction of sp³-hybridized carbons (Fsp3) is 0.353. The molecule has 0 radical (unpaired) electrons. The topological polar surface area (TPSA) is 61.8 Å². The Labute approximate surface area is 130 Å². The smallest absolute Gasteiger partial charge is 0.317 e. The number of fused-ring (bicyclic) bond motifs is 1. The molecule has 0 unspecified atom stereocenters. The zero-order valence-electron chi connectivity index (χ0n) is 12.8. The van der Waals surface area contributed by atoms with Crippen LogP contribution in [-0.2, 0) is 0 Å². The number of aliphatic hydroxyl groups excluding tert-OH is 1. The van der Waals surface area contributed by atoms with Crippen LogP contribution in [-0.4, -0.2) is 48.9 Å². The summed E-state index contributed by atoms with van der Waals surface area (Å²) in [5, 5.41) is 13.9. The van der Waals surface area contributed by atoms with Gasteiger partial charge in [0.15, 0.2) is 0 Å². The Kier molecular flexibility index (Phi) is 6.03. The molecule has 5 heteroatoms. The molecule has 0 bridgehead atoms. The highest BCUT2D eigenvalue weighted by atomic mass is 16.5. The monoisotopic (exact) mass is 302 g/mol. The summed E-state index contributed by atoms with van der Waals surface area (Å²) in [6.45, 7) is 3.57. The van der Waals surface area contributed by atoms with Crippen LogP contribution < -0.4 is 10.1 Å². The van der Waals surface area contributed by atoms with Crippen LogP contribution in [0.5, 0.6) is 5.75 Å². The predicted molar refractivity (Wildman–Crippen MR) is 87.2 cm³/mol. The molecule has 2 amide bonds. The first kappa shape index (κ1) is 16.1. The lowest BCUT2D eigenvalue weighted by Crippen LogP contribution is -2.42. The second-order valence-electron chi connectivity index (χ2n) is 4.86. The number of hydrogen-bond acceptors (Lipinski definition) is 3. The van der Waals surface area contributed by atoms with Gasteiger partial charge in [0.1, 0.15) is 12.4 Å². The van der Waals surface area contributed by atoms with Crippen molar-refractivity contribution in [3.05, 3.63) is 42.5 Å². The minimum Gasteiger partial charge on any atom is -0.491 e. The molecule has 0 saturated carbocycles. The van der Waals surface area contributed by atoms with E-state index in [1.54, 1.807) is 4.90 Å². The van der Waals surface area contributed by atoms with Crippen LogP contribution in [0.25, 0.3) is 10.8 Å². The molecular weight excluding hydrogens is 280 g/mol. The fourth-order valence-electron chi connectivity index (χ4n) is 2.28. The van der Waals surface area contributed by atoms with Crippen LogP contribution in [0.3, 0.4) is 0 Å². The lowest BCUT2D eigenvalue weighted by atomic mass is 10.1. The lowest BCUT2D eigenvalue weighted by molar-refractivity contribution is 0.178. The molecule has 0 atom stereocenters. The van der Waals surface area contributed by atoms with Crippen molar-refractivity contribution in [2.75, 3.05) is 32.8 Å². The third-order valence-corrected chi connectivity index (χ3v) is 3.42. The maximum Gasteiger partial charge on any atom is 0.317 e. The molecule has 5 nitrogen and oxygen atoms in total. The lowest BCUT2D eigenvalue weighted by Gasteiger charge is -2.20. The first-order valence-electron chi connectivity index (χ1n) is 7.50. The third-order valence-electron chi connectivity index (χ3n) is 3.42. The summed E-state index contributed by atoms with van der Waals surface area (Å²) >= 11 is 0. The van der Waals surface area contributed by atoms with Crippen molar-refractivity contribution in [3.8, 4) is 5.75 Å². The van der Waals surface area contributed by atoms with Gasteiger partial charge in [-0.1, -0.05) is 36.4 Å². The summed E-state index contributed by atoms with van der Waals surface area (Å²) in [6, 6.07) is 13.8. The minimum absolute atomic E-state index is 0.0340. The number of urea groups is 1. The molecule has 0 heterocycles. The molecule has 0 spiro atoms. The second kappa shape index (κ2) is 8.24. The summed E-state index contributed by atoms with van der Waals surface area (Å²) in [6.07, 6.45) is 0. The number of rotatable bonds is 7. The molecule has 0 fully saturated rings. The van der Waals surface area contributed by atoms with Gasteiger partial charge in [-0.2, -0.15) is 0 Å². The van der Waals surface area contributed by atoms with Crippen molar-refractivity contribution >= 4 is 16.8 Å². The van der Waals surface area contributed by atoms with Crippen LogP contribution in [0.2, 0.25) is 0 Å². The molecule has 2 aromatic carbocycles. The zero-order valence-corrected chi connectivity index (χ0v) is 12.8. The number of likely N-dealkylation sites (N-methyl/N-ethyl adjacent to an activating group) is 1. The van der Waals surface area contributed by atoms with Crippen LogP contribution in [0.15, 0.2) is 42.5 Å². The fourth-order valence-corrected chi connectivity index (χ4v) is 2.28. The van der Waals surface area contributed by atoms with Crippen molar-refractivity contribution in [3.63, 3.8) is 0 Å². The molecule has 0 aliphatic rings.